The molecule has 2 heterocycles. The predicted octanol–water partition coefficient (Wildman–Crippen LogP) is 4.26. The van der Waals surface area contributed by atoms with Gasteiger partial charge in [-0.2, -0.15) is 0 Å². The van der Waals surface area contributed by atoms with Crippen LogP contribution >= 0.6 is 11.6 Å². The first-order chi connectivity index (χ1) is 14.8. The number of hydrogen-bond acceptors (Lipinski definition) is 6. The average Bonchev–Trinajstić information content (AvgIpc) is 3.05. The lowest BCUT2D eigenvalue weighted by molar-refractivity contribution is -0.146. The molecule has 6 atom stereocenters. The van der Waals surface area contributed by atoms with Crippen LogP contribution in [0.15, 0.2) is 24.9 Å². The van der Waals surface area contributed by atoms with Gasteiger partial charge in [0.1, 0.15) is 22.7 Å². The average molecular weight is 517 g/mol. The van der Waals surface area contributed by atoms with Gasteiger partial charge in [-0.1, -0.05) is 47.6 Å². The largest absolute Gasteiger partial charge is 0.407 e. The van der Waals surface area contributed by atoms with Crippen molar-refractivity contribution >= 4 is 34.1 Å². The number of nitrogens with one attached hydrogen (secondary N) is 1. The van der Waals surface area contributed by atoms with E-state index in [1.54, 1.807) is 6.08 Å². The van der Waals surface area contributed by atoms with E-state index in [2.05, 4.69) is 79.6 Å². The molecule has 0 radical (unpaired) electrons. The number of fused-ring (bicyclic) bond motifs is 1. The smallest absolute Gasteiger partial charge is 0.248 e. The summed E-state index contributed by atoms with van der Waals surface area (Å²) in [7, 11) is -4.52. The standard InChI is InChI=1S/C23H41ClN2O5Si2/c1-12-22-18(30-32(8,9)20(2,3)4)23(22,31-33(10,11)21(5,6)7)16(24)17(29-22)26-14-13-15(27)25-19(26)28/h12-14,16-19,28H,1H2,2-11H3,(H,25,27)/t16-,17+,18?,19?,22+,23?/m0/s1. The Bertz CT molecular complexity index is 853. The lowest BCUT2D eigenvalue weighted by atomic mass is 10.1. The normalized spacial score (nSPS) is 37.1. The van der Waals surface area contributed by atoms with Crippen molar-refractivity contribution in [3.8, 4) is 0 Å². The van der Waals surface area contributed by atoms with Crippen LogP contribution in [-0.2, 0) is 18.4 Å². The van der Waals surface area contributed by atoms with Gasteiger partial charge in [0.25, 0.3) is 0 Å². The van der Waals surface area contributed by atoms with E-state index in [1.165, 1.54) is 17.2 Å². The molecule has 33 heavy (non-hydrogen) atoms. The van der Waals surface area contributed by atoms with Gasteiger partial charge in [0, 0.05) is 12.3 Å². The molecule has 3 unspecified atom stereocenters. The summed E-state index contributed by atoms with van der Waals surface area (Å²) >= 11 is 7.18. The number of amides is 1. The van der Waals surface area contributed by atoms with Crippen LogP contribution in [0, 0.1) is 0 Å². The van der Waals surface area contributed by atoms with Gasteiger partial charge in [-0.25, -0.2) is 0 Å². The molecule has 2 N–H and O–H groups in total. The Labute approximate surface area is 205 Å². The Morgan fingerprint density at radius 2 is 1.73 bits per heavy atom. The molecule has 7 nitrogen and oxygen atoms in total. The number of rotatable bonds is 6. The van der Waals surface area contributed by atoms with Gasteiger partial charge < -0.3 is 28.9 Å². The van der Waals surface area contributed by atoms with Gasteiger partial charge in [-0.05, 0) is 36.3 Å². The molecule has 1 saturated heterocycles. The minimum Gasteiger partial charge on any atom is -0.407 e. The summed E-state index contributed by atoms with van der Waals surface area (Å²) in [5.41, 5.74) is -1.90. The van der Waals surface area contributed by atoms with Crippen LogP contribution in [0.1, 0.15) is 41.5 Å². The molecule has 0 aromatic heterocycles. The van der Waals surface area contributed by atoms with Crippen LogP contribution in [0.4, 0.5) is 0 Å². The van der Waals surface area contributed by atoms with Gasteiger partial charge >= 0.3 is 0 Å². The number of aliphatic hydroxyl groups excluding tert-OH is 1. The monoisotopic (exact) mass is 516 g/mol. The van der Waals surface area contributed by atoms with E-state index in [-0.39, 0.29) is 16.0 Å². The number of halogens is 1. The lowest BCUT2D eigenvalue weighted by Crippen LogP contribution is -2.58. The highest BCUT2D eigenvalue weighted by Gasteiger charge is 2.89. The lowest BCUT2D eigenvalue weighted by Gasteiger charge is -2.43. The SMILES string of the molecule is C=C[C@]12O[C@@H](N3C=CC(=O)NC3O)[C@H](Cl)C1(O[Si](C)(C)C(C)(C)C)C2O[Si](C)(C)C(C)(C)C. The maximum Gasteiger partial charge on any atom is 0.248 e. The van der Waals surface area contributed by atoms with Crippen molar-refractivity contribution in [2.24, 2.45) is 0 Å². The van der Waals surface area contributed by atoms with Crippen LogP contribution in [0.25, 0.3) is 0 Å². The summed E-state index contributed by atoms with van der Waals surface area (Å²) in [6, 6.07) is 0. The Morgan fingerprint density at radius 3 is 2.18 bits per heavy atom. The third-order valence-corrected chi connectivity index (χ3v) is 17.7. The van der Waals surface area contributed by atoms with E-state index in [4.69, 9.17) is 25.2 Å². The Kier molecular flexibility index (Phi) is 6.45. The topological polar surface area (TPSA) is 80.3 Å². The van der Waals surface area contributed by atoms with Gasteiger partial charge in [-0.3, -0.25) is 4.79 Å². The number of nitrogens with zero attached hydrogens (tertiary/aromatic N) is 1. The zero-order chi connectivity index (χ0) is 25.4. The molecule has 0 bridgehead atoms. The number of carbonyl (C=O) groups is 1. The molecule has 3 aliphatic rings. The highest BCUT2D eigenvalue weighted by molar-refractivity contribution is 6.75. The Balaban J connectivity index is 2.05. The Morgan fingerprint density at radius 1 is 1.18 bits per heavy atom. The van der Waals surface area contributed by atoms with Crippen LogP contribution in [0.2, 0.25) is 36.3 Å². The summed E-state index contributed by atoms with van der Waals surface area (Å²) in [5, 5.41) is 12.2. The van der Waals surface area contributed by atoms with Gasteiger partial charge in [0.2, 0.25) is 12.3 Å². The second-order valence-electron chi connectivity index (χ2n) is 12.5. The fourth-order valence-electron chi connectivity index (χ4n) is 4.07. The molecule has 188 valence electrons. The molecule has 2 aliphatic heterocycles. The fourth-order valence-corrected chi connectivity index (χ4v) is 7.49. The van der Waals surface area contributed by atoms with E-state index in [0.29, 0.717) is 0 Å². The second-order valence-corrected chi connectivity index (χ2v) is 22.4. The molecule has 1 saturated carbocycles. The zero-order valence-corrected chi connectivity index (χ0v) is 24.4. The molecule has 0 aromatic carbocycles. The third-order valence-electron chi connectivity index (χ3n) is 8.28. The first-order valence-electron chi connectivity index (χ1n) is 11.6. The van der Waals surface area contributed by atoms with Crippen LogP contribution in [0.3, 0.4) is 0 Å². The number of aliphatic hydroxyl groups is 1. The van der Waals surface area contributed by atoms with Crippen molar-refractivity contribution < 1.29 is 23.5 Å². The van der Waals surface area contributed by atoms with Crippen molar-refractivity contribution in [3.05, 3.63) is 24.9 Å². The summed E-state index contributed by atoms with van der Waals surface area (Å²) in [5.74, 6) is -0.377. The highest BCUT2D eigenvalue weighted by Crippen LogP contribution is 2.69. The number of carbonyl (C=O) groups excluding carboxylic acids is 1. The summed E-state index contributed by atoms with van der Waals surface area (Å²) < 4.78 is 20.5. The summed E-state index contributed by atoms with van der Waals surface area (Å²) in [4.78, 5) is 13.2. The highest BCUT2D eigenvalue weighted by atomic mass is 35.5. The molecule has 2 fully saturated rings. The van der Waals surface area contributed by atoms with Crippen LogP contribution in [0.5, 0.6) is 0 Å². The molecule has 1 amide bonds. The number of ether oxygens (including phenoxy) is 1. The van der Waals surface area contributed by atoms with E-state index < -0.39 is 51.9 Å². The molecular weight excluding hydrogens is 476 g/mol. The van der Waals surface area contributed by atoms with E-state index in [9.17, 15) is 9.90 Å². The van der Waals surface area contributed by atoms with E-state index in [0.717, 1.165) is 0 Å². The maximum absolute atomic E-state index is 11.7. The molecule has 0 spiro atoms. The summed E-state index contributed by atoms with van der Waals surface area (Å²) in [6.45, 7) is 26.0. The third kappa shape index (κ3) is 3.97. The van der Waals surface area contributed by atoms with Crippen molar-refractivity contribution in [2.75, 3.05) is 0 Å². The molecule has 3 rings (SSSR count). The Hall–Kier alpha value is -0.686. The second kappa shape index (κ2) is 7.91. The van der Waals surface area contributed by atoms with Gasteiger partial charge in [0.05, 0.1) is 0 Å². The minimum atomic E-state index is -2.32. The summed E-state index contributed by atoms with van der Waals surface area (Å²) in [6.07, 6.45) is 2.21. The van der Waals surface area contributed by atoms with Gasteiger partial charge in [0.15, 0.2) is 22.9 Å². The van der Waals surface area contributed by atoms with Crippen molar-refractivity contribution in [1.29, 1.82) is 0 Å². The van der Waals surface area contributed by atoms with E-state index >= 15 is 0 Å². The number of alkyl halides is 1. The zero-order valence-electron chi connectivity index (χ0n) is 21.7. The maximum atomic E-state index is 11.7. The van der Waals surface area contributed by atoms with E-state index in [1.807, 2.05) is 0 Å². The first-order valence-corrected chi connectivity index (χ1v) is 17.8. The van der Waals surface area contributed by atoms with Crippen molar-refractivity contribution in [2.45, 2.75) is 113 Å². The van der Waals surface area contributed by atoms with Crippen molar-refractivity contribution in [3.63, 3.8) is 0 Å². The fraction of sp³-hybridized carbons (Fsp3) is 0.783. The molecular formula is C23H41ClN2O5Si2. The van der Waals surface area contributed by atoms with Gasteiger partial charge in [-0.15, -0.1) is 18.2 Å². The molecule has 1 aliphatic carbocycles. The molecule has 0 aromatic rings. The molecule has 10 heteroatoms. The minimum absolute atomic E-state index is 0.0122. The van der Waals surface area contributed by atoms with Crippen LogP contribution in [-0.4, -0.2) is 67.8 Å². The number of hydrogen-bond donors (Lipinski definition) is 2. The van der Waals surface area contributed by atoms with Crippen LogP contribution < -0.4 is 5.32 Å². The quantitative estimate of drug-likeness (QED) is 0.312. The van der Waals surface area contributed by atoms with Crippen molar-refractivity contribution in [1.82, 2.24) is 10.2 Å². The predicted molar refractivity (Wildman–Crippen MR) is 136 cm³/mol. The first kappa shape index (κ1) is 26.9.